The fourth-order valence-electron chi connectivity index (χ4n) is 6.72. The van der Waals surface area contributed by atoms with E-state index in [1.165, 1.54) is 5.56 Å². The Balaban J connectivity index is 1.13. The van der Waals surface area contributed by atoms with Crippen molar-refractivity contribution in [2.24, 2.45) is 0 Å². The SMILES string of the molecule is c1ccc(CNc2nc(C3CC3)nc3cc([C@@H]4O[C@@H](COCc5ccccc5)CC4(OCc4ccccc4)OCc4ccccc4)ccc23)cc1. The Morgan fingerprint density at radius 1 is 0.647 bits per heavy atom. The third kappa shape index (κ3) is 8.19. The zero-order valence-corrected chi connectivity index (χ0v) is 28.7. The maximum atomic E-state index is 6.92. The molecule has 2 fully saturated rings. The maximum absolute atomic E-state index is 6.92. The number of rotatable bonds is 15. The van der Waals surface area contributed by atoms with E-state index in [9.17, 15) is 0 Å². The van der Waals surface area contributed by atoms with E-state index in [1.807, 2.05) is 60.7 Å². The van der Waals surface area contributed by atoms with E-state index in [2.05, 4.69) is 84.2 Å². The van der Waals surface area contributed by atoms with Crippen molar-refractivity contribution in [2.45, 2.75) is 69.5 Å². The van der Waals surface area contributed by atoms with Gasteiger partial charge in [-0.15, -0.1) is 0 Å². The van der Waals surface area contributed by atoms with Crippen molar-refractivity contribution in [2.75, 3.05) is 11.9 Å². The van der Waals surface area contributed by atoms with Gasteiger partial charge in [0.2, 0.25) is 5.79 Å². The molecule has 0 amide bonds. The number of ether oxygens (including phenoxy) is 4. The fraction of sp³-hybridized carbons (Fsp3) is 0.273. The molecule has 0 bridgehead atoms. The average molecular weight is 678 g/mol. The Hall–Kier alpha value is -4.92. The monoisotopic (exact) mass is 677 g/mol. The van der Waals surface area contributed by atoms with Crippen LogP contribution in [0.4, 0.5) is 5.82 Å². The van der Waals surface area contributed by atoms with Crippen molar-refractivity contribution in [1.29, 1.82) is 0 Å². The van der Waals surface area contributed by atoms with Crippen molar-refractivity contribution in [3.8, 4) is 0 Å². The molecule has 8 rings (SSSR count). The molecule has 0 radical (unpaired) electrons. The number of nitrogens with zero attached hydrogens (tertiary/aromatic N) is 2. The van der Waals surface area contributed by atoms with Crippen LogP contribution < -0.4 is 5.32 Å². The van der Waals surface area contributed by atoms with Crippen molar-refractivity contribution in [3.63, 3.8) is 0 Å². The van der Waals surface area contributed by atoms with Gasteiger partial charge in [0.1, 0.15) is 17.7 Å². The lowest BCUT2D eigenvalue weighted by molar-refractivity contribution is -0.273. The van der Waals surface area contributed by atoms with Gasteiger partial charge in [0, 0.05) is 24.3 Å². The Morgan fingerprint density at radius 3 is 1.80 bits per heavy atom. The standard InChI is InChI=1S/C44H43N3O4/c1-5-13-32(14-6-1)27-45-43-39-24-23-37(25-40(39)46-42(47-43)36-21-22-36)41-44(49-29-34-17-9-3-10-18-34,50-30-35-19-11-4-12-20-35)26-38(51-41)31-48-28-33-15-7-2-8-16-33/h1-20,23-25,36,38,41H,21-22,26-31H2,(H,45,46,47)/t38-,41+/m1/s1. The lowest BCUT2D eigenvalue weighted by Gasteiger charge is -2.34. The van der Waals surface area contributed by atoms with Crippen molar-refractivity contribution >= 4 is 16.7 Å². The number of aromatic nitrogens is 2. The summed E-state index contributed by atoms with van der Waals surface area (Å²) in [5, 5.41) is 4.58. The number of nitrogens with one attached hydrogen (secondary N) is 1. The molecule has 5 aromatic carbocycles. The lowest BCUT2D eigenvalue weighted by atomic mass is 9.97. The van der Waals surface area contributed by atoms with Crippen LogP contribution >= 0.6 is 0 Å². The lowest BCUT2D eigenvalue weighted by Crippen LogP contribution is -2.39. The second-order valence-corrected chi connectivity index (χ2v) is 13.5. The highest BCUT2D eigenvalue weighted by Crippen LogP contribution is 2.47. The number of benzene rings is 5. The largest absolute Gasteiger partial charge is 0.374 e. The topological polar surface area (TPSA) is 74.7 Å². The molecule has 1 aliphatic heterocycles. The van der Waals surface area contributed by atoms with Gasteiger partial charge in [0.25, 0.3) is 0 Å². The van der Waals surface area contributed by atoms with E-state index in [0.29, 0.717) is 45.3 Å². The molecule has 51 heavy (non-hydrogen) atoms. The summed E-state index contributed by atoms with van der Waals surface area (Å²) < 4.78 is 27.0. The third-order valence-corrected chi connectivity index (χ3v) is 9.59. The number of anilines is 1. The van der Waals surface area contributed by atoms with Crippen LogP contribution in [0.5, 0.6) is 0 Å². The summed E-state index contributed by atoms with van der Waals surface area (Å²) in [6, 6.07) is 47.4. The van der Waals surface area contributed by atoms with Gasteiger partial charge in [-0.05, 0) is 52.8 Å². The van der Waals surface area contributed by atoms with E-state index in [4.69, 9.17) is 28.9 Å². The second kappa shape index (κ2) is 15.5. The van der Waals surface area contributed by atoms with Crippen LogP contribution in [0.2, 0.25) is 0 Å². The Morgan fingerprint density at radius 2 is 1.22 bits per heavy atom. The molecule has 2 aliphatic rings. The van der Waals surface area contributed by atoms with Crippen LogP contribution in [-0.2, 0) is 45.3 Å². The van der Waals surface area contributed by atoms with Gasteiger partial charge in [-0.1, -0.05) is 127 Å². The molecular formula is C44H43N3O4. The minimum absolute atomic E-state index is 0.253. The van der Waals surface area contributed by atoms with Gasteiger partial charge in [-0.2, -0.15) is 0 Å². The van der Waals surface area contributed by atoms with Crippen molar-refractivity contribution < 1.29 is 18.9 Å². The summed E-state index contributed by atoms with van der Waals surface area (Å²) in [5.41, 5.74) is 6.28. The van der Waals surface area contributed by atoms with Gasteiger partial charge in [-0.3, -0.25) is 0 Å². The van der Waals surface area contributed by atoms with Crippen LogP contribution in [0.25, 0.3) is 10.9 Å². The van der Waals surface area contributed by atoms with E-state index in [0.717, 1.165) is 57.6 Å². The highest BCUT2D eigenvalue weighted by molar-refractivity contribution is 5.89. The molecule has 0 spiro atoms. The predicted molar refractivity (Wildman–Crippen MR) is 199 cm³/mol. The molecule has 258 valence electrons. The highest BCUT2D eigenvalue weighted by atomic mass is 16.7. The first-order chi connectivity index (χ1) is 25.2. The highest BCUT2D eigenvalue weighted by Gasteiger charge is 2.52. The summed E-state index contributed by atoms with van der Waals surface area (Å²) >= 11 is 0. The minimum atomic E-state index is -1.08. The van der Waals surface area contributed by atoms with Gasteiger partial charge in [-0.25, -0.2) is 9.97 Å². The molecule has 0 unspecified atom stereocenters. The summed E-state index contributed by atoms with van der Waals surface area (Å²) in [4.78, 5) is 10.1. The van der Waals surface area contributed by atoms with Gasteiger partial charge in [0.05, 0.1) is 38.0 Å². The second-order valence-electron chi connectivity index (χ2n) is 13.5. The smallest absolute Gasteiger partial charge is 0.202 e. The van der Waals surface area contributed by atoms with E-state index >= 15 is 0 Å². The van der Waals surface area contributed by atoms with Crippen LogP contribution in [0.3, 0.4) is 0 Å². The fourth-order valence-corrected chi connectivity index (χ4v) is 6.72. The van der Waals surface area contributed by atoms with Gasteiger partial charge in [0.15, 0.2) is 0 Å². The summed E-state index contributed by atoms with van der Waals surface area (Å²) in [7, 11) is 0. The molecule has 1 saturated heterocycles. The summed E-state index contributed by atoms with van der Waals surface area (Å²) in [6.07, 6.45) is 1.95. The summed E-state index contributed by atoms with van der Waals surface area (Å²) in [5.74, 6) is 1.05. The number of fused-ring (bicyclic) bond motifs is 1. The molecule has 1 aromatic heterocycles. The zero-order chi connectivity index (χ0) is 34.3. The molecule has 6 aromatic rings. The Kier molecular flexibility index (Phi) is 10.1. The van der Waals surface area contributed by atoms with E-state index in [1.54, 1.807) is 0 Å². The average Bonchev–Trinajstić information content (AvgIpc) is 3.98. The molecule has 2 atom stereocenters. The maximum Gasteiger partial charge on any atom is 0.202 e. The normalized spacial score (nSPS) is 18.2. The van der Waals surface area contributed by atoms with Crippen molar-refractivity contribution in [3.05, 3.63) is 173 Å². The molecule has 1 saturated carbocycles. The molecule has 2 heterocycles. The number of hydrogen-bond acceptors (Lipinski definition) is 7. The molecule has 1 aliphatic carbocycles. The first-order valence-corrected chi connectivity index (χ1v) is 17.9. The first kappa shape index (κ1) is 33.2. The third-order valence-electron chi connectivity index (χ3n) is 9.59. The predicted octanol–water partition coefficient (Wildman–Crippen LogP) is 9.30. The zero-order valence-electron chi connectivity index (χ0n) is 28.7. The molecule has 1 N–H and O–H groups in total. The summed E-state index contributed by atoms with van der Waals surface area (Å²) in [6.45, 7) is 2.35. The molecule has 7 heteroatoms. The van der Waals surface area contributed by atoms with E-state index in [-0.39, 0.29) is 6.10 Å². The van der Waals surface area contributed by atoms with Gasteiger partial charge >= 0.3 is 0 Å². The van der Waals surface area contributed by atoms with E-state index < -0.39 is 11.9 Å². The first-order valence-electron chi connectivity index (χ1n) is 17.9. The van der Waals surface area contributed by atoms with Crippen LogP contribution in [0.15, 0.2) is 140 Å². The Bertz CT molecular complexity index is 1960. The quantitative estimate of drug-likeness (QED) is 0.109. The van der Waals surface area contributed by atoms with Crippen LogP contribution in [0, 0.1) is 0 Å². The molecule has 7 nitrogen and oxygen atoms in total. The minimum Gasteiger partial charge on any atom is -0.374 e. The Labute approximate surface area is 299 Å². The van der Waals surface area contributed by atoms with Gasteiger partial charge < -0.3 is 24.3 Å². The molecular weight excluding hydrogens is 635 g/mol. The van der Waals surface area contributed by atoms with Crippen molar-refractivity contribution in [1.82, 2.24) is 9.97 Å². The van der Waals surface area contributed by atoms with Crippen LogP contribution in [-0.4, -0.2) is 28.5 Å². The van der Waals surface area contributed by atoms with Crippen LogP contribution in [0.1, 0.15) is 64.9 Å². The number of hydrogen-bond donors (Lipinski definition) is 1.